The minimum atomic E-state index is -0.195. The van der Waals surface area contributed by atoms with E-state index in [2.05, 4.69) is 46.6 Å². The number of piperidine rings is 1. The number of para-hydroxylation sites is 1. The molecule has 0 spiro atoms. The number of amides is 1. The molecule has 1 atom stereocenters. The fraction of sp³-hybridized carbons (Fsp3) is 0.364. The Balaban J connectivity index is 1.52. The third kappa shape index (κ3) is 4.50. The number of anilines is 1. The summed E-state index contributed by atoms with van der Waals surface area (Å²) in [7, 11) is 0. The van der Waals surface area contributed by atoms with E-state index in [1.807, 2.05) is 13.0 Å². The second-order valence-electron chi connectivity index (χ2n) is 6.99. The minimum absolute atomic E-state index is 0.0470. The van der Waals surface area contributed by atoms with Crippen LogP contribution in [0.15, 0.2) is 54.6 Å². The molecule has 0 aromatic heterocycles. The smallest absolute Gasteiger partial charge is 0.241 e. The van der Waals surface area contributed by atoms with Gasteiger partial charge in [0.1, 0.15) is 6.07 Å². The highest BCUT2D eigenvalue weighted by Crippen LogP contribution is 2.23. The lowest BCUT2D eigenvalue weighted by Crippen LogP contribution is -2.46. The average molecular weight is 347 g/mol. The molecule has 0 radical (unpaired) electrons. The predicted molar refractivity (Wildman–Crippen MR) is 104 cm³/mol. The van der Waals surface area contributed by atoms with Crippen LogP contribution in [-0.4, -0.2) is 29.9 Å². The Labute approximate surface area is 155 Å². The molecule has 3 rings (SSSR count). The van der Waals surface area contributed by atoms with Gasteiger partial charge in [0.15, 0.2) is 0 Å². The molecule has 4 heteroatoms. The summed E-state index contributed by atoms with van der Waals surface area (Å²) in [4.78, 5) is 14.8. The molecule has 0 bridgehead atoms. The van der Waals surface area contributed by atoms with Crippen molar-refractivity contribution in [1.29, 1.82) is 5.26 Å². The average Bonchev–Trinajstić information content (AvgIpc) is 2.69. The molecule has 1 aliphatic heterocycles. The van der Waals surface area contributed by atoms with E-state index in [1.54, 1.807) is 18.2 Å². The molecule has 26 heavy (non-hydrogen) atoms. The highest BCUT2D eigenvalue weighted by molar-refractivity contribution is 5.95. The molecule has 1 saturated heterocycles. The summed E-state index contributed by atoms with van der Waals surface area (Å²) in [5, 5.41) is 12.1. The number of carbonyl (C=O) groups is 1. The van der Waals surface area contributed by atoms with Crippen LogP contribution in [0.5, 0.6) is 0 Å². The standard InChI is InChI=1S/C22H25N3O/c1-17(22(26)24-21-10-6-5-9-20(21)16-23)25-13-11-19(12-14-25)15-18-7-3-2-4-8-18/h2-10,17,19H,11-15H2,1H3,(H,24,26). The van der Waals surface area contributed by atoms with Crippen molar-refractivity contribution in [1.82, 2.24) is 4.90 Å². The van der Waals surface area contributed by atoms with Gasteiger partial charge in [-0.15, -0.1) is 0 Å². The molecule has 4 nitrogen and oxygen atoms in total. The summed E-state index contributed by atoms with van der Waals surface area (Å²) in [6, 6.07) is 19.7. The molecule has 1 aliphatic rings. The van der Waals surface area contributed by atoms with E-state index in [-0.39, 0.29) is 11.9 Å². The minimum Gasteiger partial charge on any atom is -0.324 e. The van der Waals surface area contributed by atoms with E-state index >= 15 is 0 Å². The first-order valence-corrected chi connectivity index (χ1v) is 9.25. The first-order valence-electron chi connectivity index (χ1n) is 9.25. The van der Waals surface area contributed by atoms with Gasteiger partial charge in [-0.1, -0.05) is 42.5 Å². The quantitative estimate of drug-likeness (QED) is 0.894. The molecule has 1 unspecified atom stereocenters. The van der Waals surface area contributed by atoms with Gasteiger partial charge in [-0.2, -0.15) is 5.26 Å². The number of likely N-dealkylation sites (tertiary alicyclic amines) is 1. The van der Waals surface area contributed by atoms with Gasteiger partial charge in [0.25, 0.3) is 0 Å². The summed E-state index contributed by atoms with van der Waals surface area (Å²) in [6.07, 6.45) is 3.34. The summed E-state index contributed by atoms with van der Waals surface area (Å²) in [5.74, 6) is 0.637. The van der Waals surface area contributed by atoms with Crippen LogP contribution in [0.4, 0.5) is 5.69 Å². The zero-order chi connectivity index (χ0) is 18.4. The number of nitrogens with zero attached hydrogens (tertiary/aromatic N) is 2. The van der Waals surface area contributed by atoms with Crippen LogP contribution in [0.25, 0.3) is 0 Å². The van der Waals surface area contributed by atoms with Crippen LogP contribution >= 0.6 is 0 Å². The molecule has 1 N–H and O–H groups in total. The van der Waals surface area contributed by atoms with E-state index < -0.39 is 0 Å². The van der Waals surface area contributed by atoms with Crippen LogP contribution < -0.4 is 5.32 Å². The molecule has 2 aromatic rings. The Bertz CT molecular complexity index is 773. The number of hydrogen-bond acceptors (Lipinski definition) is 3. The largest absolute Gasteiger partial charge is 0.324 e. The summed E-state index contributed by atoms with van der Waals surface area (Å²) >= 11 is 0. The number of carbonyl (C=O) groups excluding carboxylic acids is 1. The lowest BCUT2D eigenvalue weighted by atomic mass is 9.89. The van der Waals surface area contributed by atoms with Gasteiger partial charge in [-0.25, -0.2) is 0 Å². The lowest BCUT2D eigenvalue weighted by Gasteiger charge is -2.35. The Morgan fingerprint density at radius 2 is 1.81 bits per heavy atom. The summed E-state index contributed by atoms with van der Waals surface area (Å²) in [5.41, 5.74) is 2.48. The van der Waals surface area contributed by atoms with E-state index in [4.69, 9.17) is 5.26 Å². The molecule has 0 saturated carbocycles. The van der Waals surface area contributed by atoms with E-state index in [9.17, 15) is 4.79 Å². The normalized spacial score (nSPS) is 16.6. The second kappa shape index (κ2) is 8.64. The van der Waals surface area contributed by atoms with Crippen LogP contribution in [0.1, 0.15) is 30.9 Å². The monoisotopic (exact) mass is 347 g/mol. The van der Waals surface area contributed by atoms with Crippen molar-refractivity contribution >= 4 is 11.6 Å². The molecular formula is C22H25N3O. The number of rotatable bonds is 5. The number of nitrogens with one attached hydrogen (secondary N) is 1. The summed E-state index contributed by atoms with van der Waals surface area (Å²) < 4.78 is 0. The fourth-order valence-electron chi connectivity index (χ4n) is 3.58. The Morgan fingerprint density at radius 1 is 1.15 bits per heavy atom. The zero-order valence-electron chi connectivity index (χ0n) is 15.2. The maximum atomic E-state index is 12.6. The van der Waals surface area contributed by atoms with Crippen molar-refractivity contribution < 1.29 is 4.79 Å². The van der Waals surface area contributed by atoms with Gasteiger partial charge in [0.2, 0.25) is 5.91 Å². The number of benzene rings is 2. The van der Waals surface area contributed by atoms with Crippen molar-refractivity contribution in [3.05, 3.63) is 65.7 Å². The van der Waals surface area contributed by atoms with Crippen LogP contribution in [-0.2, 0) is 11.2 Å². The van der Waals surface area contributed by atoms with Gasteiger partial charge in [-0.05, 0) is 62.9 Å². The lowest BCUT2D eigenvalue weighted by molar-refractivity contribution is -0.121. The number of hydrogen-bond donors (Lipinski definition) is 1. The third-order valence-corrected chi connectivity index (χ3v) is 5.25. The molecule has 0 aliphatic carbocycles. The molecule has 1 amide bonds. The fourth-order valence-corrected chi connectivity index (χ4v) is 3.58. The van der Waals surface area contributed by atoms with E-state index in [1.165, 1.54) is 5.56 Å². The van der Waals surface area contributed by atoms with Crippen LogP contribution in [0.3, 0.4) is 0 Å². The molecular weight excluding hydrogens is 322 g/mol. The highest BCUT2D eigenvalue weighted by Gasteiger charge is 2.27. The van der Waals surface area contributed by atoms with Crippen LogP contribution in [0.2, 0.25) is 0 Å². The van der Waals surface area contributed by atoms with Gasteiger partial charge >= 0.3 is 0 Å². The third-order valence-electron chi connectivity index (χ3n) is 5.25. The van der Waals surface area contributed by atoms with Gasteiger partial charge in [0.05, 0.1) is 17.3 Å². The van der Waals surface area contributed by atoms with Crippen molar-refractivity contribution in [3.8, 4) is 6.07 Å². The van der Waals surface area contributed by atoms with E-state index in [0.29, 0.717) is 17.2 Å². The van der Waals surface area contributed by atoms with E-state index in [0.717, 1.165) is 32.4 Å². The maximum Gasteiger partial charge on any atom is 0.241 e. The zero-order valence-corrected chi connectivity index (χ0v) is 15.2. The van der Waals surface area contributed by atoms with Crippen molar-refractivity contribution in [2.24, 2.45) is 5.92 Å². The SMILES string of the molecule is CC(C(=O)Nc1ccccc1C#N)N1CCC(Cc2ccccc2)CC1. The Kier molecular flexibility index (Phi) is 6.04. The highest BCUT2D eigenvalue weighted by atomic mass is 16.2. The Hall–Kier alpha value is -2.64. The second-order valence-corrected chi connectivity index (χ2v) is 6.99. The van der Waals surface area contributed by atoms with Crippen molar-refractivity contribution in [2.75, 3.05) is 18.4 Å². The van der Waals surface area contributed by atoms with Crippen molar-refractivity contribution in [2.45, 2.75) is 32.2 Å². The topological polar surface area (TPSA) is 56.1 Å². The molecule has 1 fully saturated rings. The Morgan fingerprint density at radius 3 is 2.50 bits per heavy atom. The van der Waals surface area contributed by atoms with Crippen LogP contribution in [0, 0.1) is 17.2 Å². The first-order chi connectivity index (χ1) is 12.7. The molecule has 1 heterocycles. The number of nitriles is 1. The predicted octanol–water partition coefficient (Wildman–Crippen LogP) is 3.84. The van der Waals surface area contributed by atoms with Gasteiger partial charge in [-0.3, -0.25) is 9.69 Å². The van der Waals surface area contributed by atoms with Crippen molar-refractivity contribution in [3.63, 3.8) is 0 Å². The maximum absolute atomic E-state index is 12.6. The molecule has 2 aromatic carbocycles. The van der Waals surface area contributed by atoms with Gasteiger partial charge in [0, 0.05) is 0 Å². The van der Waals surface area contributed by atoms with Gasteiger partial charge < -0.3 is 5.32 Å². The summed E-state index contributed by atoms with van der Waals surface area (Å²) in [6.45, 7) is 3.82. The molecule has 134 valence electrons. The first kappa shape index (κ1) is 18.2.